The zero-order chi connectivity index (χ0) is 25.8. The maximum atomic E-state index is 5.93. The van der Waals surface area contributed by atoms with E-state index in [9.17, 15) is 0 Å². The van der Waals surface area contributed by atoms with Crippen LogP contribution in [0.1, 0.15) is 58.8 Å². The molecule has 4 aromatic rings. The molecule has 0 saturated heterocycles. The smallest absolute Gasteiger partial charge is 0.229 e. The maximum absolute atomic E-state index is 5.93. The molecule has 2 heterocycles. The molecule has 9 heteroatoms. The summed E-state index contributed by atoms with van der Waals surface area (Å²) >= 11 is 0. The predicted molar refractivity (Wildman–Crippen MR) is 138 cm³/mol. The molecule has 4 rings (SSSR count). The van der Waals surface area contributed by atoms with Crippen molar-refractivity contribution < 1.29 is 9.47 Å². The average Bonchev–Trinajstić information content (AvgIpc) is 3.50. The van der Waals surface area contributed by atoms with Crippen LogP contribution in [0, 0.1) is 5.41 Å². The molecule has 0 aliphatic carbocycles. The van der Waals surface area contributed by atoms with Gasteiger partial charge in [-0.3, -0.25) is 0 Å². The van der Waals surface area contributed by atoms with E-state index in [0.29, 0.717) is 31.3 Å². The first-order chi connectivity index (χ1) is 17.2. The van der Waals surface area contributed by atoms with Gasteiger partial charge in [0.15, 0.2) is 0 Å². The minimum absolute atomic E-state index is 0.0378. The van der Waals surface area contributed by atoms with E-state index in [1.807, 2.05) is 43.7 Å². The zero-order valence-corrected chi connectivity index (χ0v) is 21.9. The van der Waals surface area contributed by atoms with Gasteiger partial charge in [-0.25, -0.2) is 9.67 Å². The summed E-state index contributed by atoms with van der Waals surface area (Å²) < 4.78 is 13.9. The van der Waals surface area contributed by atoms with Crippen LogP contribution in [0.5, 0.6) is 0 Å². The maximum Gasteiger partial charge on any atom is 0.229 e. The average molecular weight is 490 g/mol. The molecular weight excluding hydrogens is 454 g/mol. The normalized spacial score (nSPS) is 12.3. The third-order valence-corrected chi connectivity index (χ3v) is 5.76. The van der Waals surface area contributed by atoms with Gasteiger partial charge in [0.05, 0.1) is 0 Å². The molecule has 9 nitrogen and oxygen atoms in total. The van der Waals surface area contributed by atoms with Gasteiger partial charge in [0, 0.05) is 31.7 Å². The highest BCUT2D eigenvalue weighted by atomic mass is 16.7. The van der Waals surface area contributed by atoms with Crippen molar-refractivity contribution in [2.24, 2.45) is 5.41 Å². The highest BCUT2D eigenvalue weighted by Gasteiger charge is 2.34. The highest BCUT2D eigenvalue weighted by molar-refractivity contribution is 5.80. The molecule has 0 fully saturated rings. The molecule has 0 aliphatic heterocycles. The van der Waals surface area contributed by atoms with E-state index < -0.39 is 5.79 Å². The number of hydrogen-bond donors (Lipinski definition) is 1. The second kappa shape index (κ2) is 10.7. The van der Waals surface area contributed by atoms with Gasteiger partial charge in [0.2, 0.25) is 17.4 Å². The van der Waals surface area contributed by atoms with E-state index in [4.69, 9.17) is 19.6 Å². The Morgan fingerprint density at radius 3 is 2.14 bits per heavy atom. The van der Waals surface area contributed by atoms with Gasteiger partial charge in [-0.05, 0) is 48.1 Å². The van der Waals surface area contributed by atoms with E-state index in [1.54, 1.807) is 0 Å². The quantitative estimate of drug-likeness (QED) is 0.312. The molecule has 0 bridgehead atoms. The molecule has 190 valence electrons. The number of benzene rings is 2. The van der Waals surface area contributed by atoms with Crippen molar-refractivity contribution in [2.75, 3.05) is 13.2 Å². The molecule has 2 aromatic carbocycles. The first-order valence-electron chi connectivity index (χ1n) is 12.4. The predicted octanol–water partition coefficient (Wildman–Crippen LogP) is 5.01. The number of H-pyrrole nitrogens is 1. The van der Waals surface area contributed by atoms with Crippen molar-refractivity contribution in [1.29, 1.82) is 0 Å². The Hall–Kier alpha value is -3.43. The summed E-state index contributed by atoms with van der Waals surface area (Å²) in [7, 11) is 0. The third-order valence-electron chi connectivity index (χ3n) is 5.76. The van der Waals surface area contributed by atoms with Crippen LogP contribution in [0.15, 0.2) is 48.5 Å². The molecule has 0 unspecified atom stereocenters. The molecule has 1 N–H and O–H groups in total. The van der Waals surface area contributed by atoms with E-state index >= 15 is 0 Å². The van der Waals surface area contributed by atoms with E-state index in [1.165, 1.54) is 0 Å². The number of hydrogen-bond acceptors (Lipinski definition) is 7. The number of nitrogens with zero attached hydrogens (tertiary/aromatic N) is 6. The molecule has 0 aliphatic rings. The molecule has 0 radical (unpaired) electrons. The standard InChI is InChI=1S/C27H35N7O2/c1-7-35-27(6,36-8-2)25-28-23(34(31-25)18-26(3,4)5)17-19-13-15-20(16-14-19)21-11-9-10-12-22(21)24-29-32-33-30-24/h9-16H,7-8,17-18H2,1-6H3,(H,29,30,32,33). The van der Waals surface area contributed by atoms with Crippen molar-refractivity contribution in [3.8, 4) is 22.5 Å². The van der Waals surface area contributed by atoms with Crippen LogP contribution < -0.4 is 0 Å². The van der Waals surface area contributed by atoms with E-state index in [0.717, 1.165) is 34.6 Å². The van der Waals surface area contributed by atoms with Crippen LogP contribution in [0.2, 0.25) is 0 Å². The Kier molecular flexibility index (Phi) is 7.61. The fraction of sp³-hybridized carbons (Fsp3) is 0.444. The summed E-state index contributed by atoms with van der Waals surface area (Å²) in [6.07, 6.45) is 0.643. The van der Waals surface area contributed by atoms with Gasteiger partial charge < -0.3 is 9.47 Å². The van der Waals surface area contributed by atoms with Crippen molar-refractivity contribution in [3.63, 3.8) is 0 Å². The topological polar surface area (TPSA) is 104 Å². The largest absolute Gasteiger partial charge is 0.344 e. The molecule has 0 spiro atoms. The van der Waals surface area contributed by atoms with E-state index in [2.05, 4.69) is 71.7 Å². The number of aromatic nitrogens is 7. The Morgan fingerprint density at radius 1 is 0.889 bits per heavy atom. The van der Waals surface area contributed by atoms with Crippen molar-refractivity contribution in [2.45, 2.75) is 60.3 Å². The van der Waals surface area contributed by atoms with Gasteiger partial charge in [-0.15, -0.1) is 10.2 Å². The SMILES string of the molecule is CCOC(C)(OCC)c1nc(Cc2ccc(-c3ccccc3-c3nn[nH]n3)cc2)n(CC(C)(C)C)n1. The number of tetrazole rings is 1. The van der Waals surface area contributed by atoms with Crippen molar-refractivity contribution in [1.82, 2.24) is 35.4 Å². The van der Waals surface area contributed by atoms with Gasteiger partial charge in [-0.2, -0.15) is 10.3 Å². The van der Waals surface area contributed by atoms with Gasteiger partial charge >= 0.3 is 0 Å². The Bertz CT molecular complexity index is 1250. The third kappa shape index (κ3) is 5.85. The van der Waals surface area contributed by atoms with Crippen molar-refractivity contribution in [3.05, 3.63) is 65.7 Å². The van der Waals surface area contributed by atoms with Crippen LogP contribution in [0.4, 0.5) is 0 Å². The van der Waals surface area contributed by atoms with E-state index in [-0.39, 0.29) is 5.41 Å². The monoisotopic (exact) mass is 489 g/mol. The molecule has 2 aromatic heterocycles. The summed E-state index contributed by atoms with van der Waals surface area (Å²) in [5.74, 6) is 1.02. The van der Waals surface area contributed by atoms with Crippen LogP contribution in [0.25, 0.3) is 22.5 Å². The minimum atomic E-state index is -0.982. The Balaban J connectivity index is 1.64. The van der Waals surface area contributed by atoms with Crippen LogP contribution in [-0.4, -0.2) is 48.6 Å². The van der Waals surface area contributed by atoms with Crippen LogP contribution >= 0.6 is 0 Å². The second-order valence-electron chi connectivity index (χ2n) is 10.0. The zero-order valence-electron chi connectivity index (χ0n) is 21.9. The fourth-order valence-electron chi connectivity index (χ4n) is 4.19. The summed E-state index contributed by atoms with van der Waals surface area (Å²) in [5, 5.41) is 19.4. The molecule has 0 amide bonds. The highest BCUT2D eigenvalue weighted by Crippen LogP contribution is 2.31. The number of ether oxygens (including phenoxy) is 2. The van der Waals surface area contributed by atoms with Crippen molar-refractivity contribution >= 4 is 0 Å². The van der Waals surface area contributed by atoms with Crippen LogP contribution in [-0.2, 0) is 28.2 Å². The fourth-order valence-corrected chi connectivity index (χ4v) is 4.19. The molecular formula is C27H35N7O2. The number of aromatic amines is 1. The van der Waals surface area contributed by atoms with Gasteiger partial charge in [0.1, 0.15) is 5.82 Å². The lowest BCUT2D eigenvalue weighted by Gasteiger charge is -2.26. The molecule has 0 saturated carbocycles. The van der Waals surface area contributed by atoms with Gasteiger partial charge in [-0.1, -0.05) is 69.3 Å². The number of nitrogens with one attached hydrogen (secondary N) is 1. The Morgan fingerprint density at radius 2 is 1.56 bits per heavy atom. The first kappa shape index (κ1) is 25.7. The van der Waals surface area contributed by atoms with Gasteiger partial charge in [0.25, 0.3) is 0 Å². The molecule has 36 heavy (non-hydrogen) atoms. The summed E-state index contributed by atoms with van der Waals surface area (Å²) in [4.78, 5) is 4.90. The number of rotatable bonds is 10. The van der Waals surface area contributed by atoms with Crippen LogP contribution in [0.3, 0.4) is 0 Å². The lowest BCUT2D eigenvalue weighted by Crippen LogP contribution is -2.31. The summed E-state index contributed by atoms with van der Waals surface area (Å²) in [6.45, 7) is 14.1. The second-order valence-corrected chi connectivity index (χ2v) is 10.0. The summed E-state index contributed by atoms with van der Waals surface area (Å²) in [5.41, 5.74) is 4.24. The first-order valence-corrected chi connectivity index (χ1v) is 12.4. The lowest BCUT2D eigenvalue weighted by molar-refractivity contribution is -0.234. The minimum Gasteiger partial charge on any atom is -0.344 e. The summed E-state index contributed by atoms with van der Waals surface area (Å²) in [6, 6.07) is 16.5. The molecule has 0 atom stereocenters. The lowest BCUT2D eigenvalue weighted by atomic mass is 9.96. The Labute approximate surface area is 212 Å².